The number of methoxy groups -OCH3 is 1. The average molecular weight is 410 g/mol. The van der Waals surface area contributed by atoms with E-state index in [1.807, 2.05) is 37.3 Å². The van der Waals surface area contributed by atoms with Crippen LogP contribution < -0.4 is 14.4 Å². The minimum absolute atomic E-state index is 0.0578. The van der Waals surface area contributed by atoms with Crippen LogP contribution in [0.4, 0.5) is 5.69 Å². The number of rotatable bonds is 4. The Labute approximate surface area is 172 Å². The third-order valence-corrected chi connectivity index (χ3v) is 5.28. The first-order chi connectivity index (χ1) is 14.0. The van der Waals surface area contributed by atoms with Crippen LogP contribution in [0.3, 0.4) is 0 Å². The normalized spacial score (nSPS) is 16.3. The van der Waals surface area contributed by atoms with E-state index in [1.54, 1.807) is 18.2 Å². The third kappa shape index (κ3) is 3.97. The standard InChI is InChI=1S/C21H18N2O5S/c1-13-3-6-15(7-4-13)23-20(25)16(22-21(23)29-11-19(24)26-2)9-14-5-8-17-18(10-14)28-12-27-17/h3-10H,11-12H2,1-2H3/b16-9-. The maximum Gasteiger partial charge on any atom is 0.316 e. The molecule has 0 N–H and O–H groups in total. The summed E-state index contributed by atoms with van der Waals surface area (Å²) in [5, 5.41) is 0.427. The van der Waals surface area contributed by atoms with E-state index in [1.165, 1.54) is 12.0 Å². The molecule has 0 spiro atoms. The van der Waals surface area contributed by atoms with Crippen molar-refractivity contribution in [2.75, 3.05) is 24.6 Å². The lowest BCUT2D eigenvalue weighted by molar-refractivity contribution is -0.137. The molecule has 0 saturated heterocycles. The Balaban J connectivity index is 1.67. The van der Waals surface area contributed by atoms with Gasteiger partial charge < -0.3 is 14.2 Å². The highest BCUT2D eigenvalue weighted by Gasteiger charge is 2.32. The Morgan fingerprint density at radius 1 is 1.21 bits per heavy atom. The lowest BCUT2D eigenvalue weighted by Crippen LogP contribution is -2.30. The van der Waals surface area contributed by atoms with E-state index < -0.39 is 0 Å². The molecule has 29 heavy (non-hydrogen) atoms. The predicted molar refractivity (Wildman–Crippen MR) is 111 cm³/mol. The van der Waals surface area contributed by atoms with Crippen molar-refractivity contribution in [3.8, 4) is 11.5 Å². The fraction of sp³-hybridized carbons (Fsp3) is 0.190. The van der Waals surface area contributed by atoms with E-state index in [0.717, 1.165) is 22.9 Å². The number of ether oxygens (including phenoxy) is 3. The van der Waals surface area contributed by atoms with Crippen molar-refractivity contribution in [1.82, 2.24) is 0 Å². The van der Waals surface area contributed by atoms with E-state index in [0.29, 0.717) is 22.4 Å². The molecule has 8 heteroatoms. The van der Waals surface area contributed by atoms with E-state index >= 15 is 0 Å². The molecule has 0 atom stereocenters. The van der Waals surface area contributed by atoms with Gasteiger partial charge in [-0.3, -0.25) is 14.5 Å². The van der Waals surface area contributed by atoms with Crippen molar-refractivity contribution in [1.29, 1.82) is 0 Å². The van der Waals surface area contributed by atoms with Crippen LogP contribution in [0.1, 0.15) is 11.1 Å². The molecule has 148 valence electrons. The summed E-state index contributed by atoms with van der Waals surface area (Å²) in [6, 6.07) is 13.0. The maximum absolute atomic E-state index is 13.1. The van der Waals surface area contributed by atoms with Crippen LogP contribution in [0.25, 0.3) is 6.08 Å². The van der Waals surface area contributed by atoms with Crippen LogP contribution in [0, 0.1) is 6.92 Å². The lowest BCUT2D eigenvalue weighted by Gasteiger charge is -2.17. The zero-order valence-corrected chi connectivity index (χ0v) is 16.7. The summed E-state index contributed by atoms with van der Waals surface area (Å²) >= 11 is 1.16. The summed E-state index contributed by atoms with van der Waals surface area (Å²) < 4.78 is 15.4. The van der Waals surface area contributed by atoms with Gasteiger partial charge in [-0.05, 0) is 42.8 Å². The fourth-order valence-corrected chi connectivity index (χ4v) is 3.70. The molecule has 2 aliphatic rings. The number of benzene rings is 2. The Hall–Kier alpha value is -3.26. The van der Waals surface area contributed by atoms with E-state index in [4.69, 9.17) is 14.2 Å². The monoisotopic (exact) mass is 410 g/mol. The smallest absolute Gasteiger partial charge is 0.316 e. The highest BCUT2D eigenvalue weighted by atomic mass is 32.2. The number of aliphatic imine (C=N–C) groups is 1. The molecule has 2 aromatic rings. The Morgan fingerprint density at radius 3 is 2.72 bits per heavy atom. The van der Waals surface area contributed by atoms with Gasteiger partial charge >= 0.3 is 5.97 Å². The Kier molecular flexibility index (Phi) is 5.26. The number of carbonyl (C=O) groups excluding carboxylic acids is 2. The van der Waals surface area contributed by atoms with Crippen LogP contribution in [0.15, 0.2) is 53.2 Å². The van der Waals surface area contributed by atoms with Crippen LogP contribution in [0.2, 0.25) is 0 Å². The first-order valence-corrected chi connectivity index (χ1v) is 9.84. The molecule has 2 aliphatic heterocycles. The Morgan fingerprint density at radius 2 is 1.97 bits per heavy atom. The molecule has 2 heterocycles. The van der Waals surface area contributed by atoms with Gasteiger partial charge in [0, 0.05) is 0 Å². The first kappa shape index (κ1) is 19.1. The van der Waals surface area contributed by atoms with Crippen molar-refractivity contribution in [2.24, 2.45) is 4.99 Å². The van der Waals surface area contributed by atoms with Crippen LogP contribution >= 0.6 is 11.8 Å². The highest BCUT2D eigenvalue weighted by Crippen LogP contribution is 2.34. The van der Waals surface area contributed by atoms with Gasteiger partial charge in [-0.15, -0.1) is 0 Å². The van der Waals surface area contributed by atoms with Gasteiger partial charge in [-0.1, -0.05) is 35.5 Å². The number of aryl methyl sites for hydroxylation is 1. The second-order valence-corrected chi connectivity index (χ2v) is 7.32. The number of hydrogen-bond acceptors (Lipinski definition) is 7. The topological polar surface area (TPSA) is 77.4 Å². The maximum atomic E-state index is 13.1. The third-order valence-electron chi connectivity index (χ3n) is 4.37. The lowest BCUT2D eigenvalue weighted by atomic mass is 10.1. The van der Waals surface area contributed by atoms with Crippen molar-refractivity contribution in [3.05, 3.63) is 59.3 Å². The van der Waals surface area contributed by atoms with Crippen molar-refractivity contribution >= 4 is 40.6 Å². The number of fused-ring (bicyclic) bond motifs is 1. The van der Waals surface area contributed by atoms with E-state index in [2.05, 4.69) is 4.99 Å². The van der Waals surface area contributed by atoms with Gasteiger partial charge in [0.15, 0.2) is 16.7 Å². The molecule has 0 unspecified atom stereocenters. The molecule has 0 bridgehead atoms. The highest BCUT2D eigenvalue weighted by molar-refractivity contribution is 8.14. The predicted octanol–water partition coefficient (Wildman–Crippen LogP) is 3.37. The molecule has 2 aromatic carbocycles. The molecular formula is C21H18N2O5S. The summed E-state index contributed by atoms with van der Waals surface area (Å²) in [7, 11) is 1.33. The fourth-order valence-electron chi connectivity index (χ4n) is 2.86. The van der Waals surface area contributed by atoms with Crippen LogP contribution in [-0.2, 0) is 14.3 Å². The van der Waals surface area contributed by atoms with Gasteiger partial charge in [0.2, 0.25) is 6.79 Å². The van der Waals surface area contributed by atoms with Crippen LogP contribution in [-0.4, -0.2) is 36.7 Å². The number of nitrogens with zero attached hydrogens (tertiary/aromatic N) is 2. The van der Waals surface area contributed by atoms with Gasteiger partial charge in [0.25, 0.3) is 5.91 Å². The minimum atomic E-state index is -0.387. The number of hydrogen-bond donors (Lipinski definition) is 0. The molecule has 0 saturated carbocycles. The number of thioether (sulfide) groups is 1. The summed E-state index contributed by atoms with van der Waals surface area (Å²) in [6.45, 7) is 2.16. The minimum Gasteiger partial charge on any atom is -0.468 e. The van der Waals surface area contributed by atoms with Gasteiger partial charge in [-0.25, -0.2) is 4.99 Å². The second kappa shape index (κ2) is 8.00. The molecular weight excluding hydrogens is 392 g/mol. The molecule has 0 aliphatic carbocycles. The van der Waals surface area contributed by atoms with Crippen molar-refractivity contribution in [3.63, 3.8) is 0 Å². The summed E-state index contributed by atoms with van der Waals surface area (Å²) in [5.74, 6) is 0.706. The number of amides is 1. The molecule has 0 radical (unpaired) electrons. The summed E-state index contributed by atoms with van der Waals surface area (Å²) in [5.41, 5.74) is 2.81. The van der Waals surface area contributed by atoms with Gasteiger partial charge in [0.05, 0.1) is 18.6 Å². The van der Waals surface area contributed by atoms with Gasteiger partial charge in [0.1, 0.15) is 5.70 Å². The zero-order valence-electron chi connectivity index (χ0n) is 15.9. The quantitative estimate of drug-likeness (QED) is 0.568. The zero-order chi connectivity index (χ0) is 20.4. The van der Waals surface area contributed by atoms with Crippen molar-refractivity contribution in [2.45, 2.75) is 6.92 Å². The van der Waals surface area contributed by atoms with E-state index in [-0.39, 0.29) is 30.1 Å². The number of carbonyl (C=O) groups is 2. The van der Waals surface area contributed by atoms with Crippen LogP contribution in [0.5, 0.6) is 11.5 Å². The number of esters is 1. The molecule has 0 fully saturated rings. The number of amidine groups is 1. The summed E-state index contributed by atoms with van der Waals surface area (Å²) in [6.07, 6.45) is 1.69. The molecule has 0 aromatic heterocycles. The first-order valence-electron chi connectivity index (χ1n) is 8.86. The van der Waals surface area contributed by atoms with Crippen molar-refractivity contribution < 1.29 is 23.8 Å². The van der Waals surface area contributed by atoms with Gasteiger partial charge in [-0.2, -0.15) is 0 Å². The molecule has 1 amide bonds. The summed E-state index contributed by atoms with van der Waals surface area (Å²) in [4.78, 5) is 30.7. The molecule has 7 nitrogen and oxygen atoms in total. The Bertz CT molecular complexity index is 1030. The average Bonchev–Trinajstić information content (AvgIpc) is 3.31. The molecule has 4 rings (SSSR count). The number of anilines is 1. The largest absolute Gasteiger partial charge is 0.468 e. The SMILES string of the molecule is COC(=O)CSC1=N/C(=C\c2ccc3c(c2)OCO3)C(=O)N1c1ccc(C)cc1. The van der Waals surface area contributed by atoms with E-state index in [9.17, 15) is 9.59 Å². The second-order valence-electron chi connectivity index (χ2n) is 6.38.